The van der Waals surface area contributed by atoms with Crippen molar-refractivity contribution in [3.8, 4) is 11.5 Å². The van der Waals surface area contributed by atoms with Gasteiger partial charge < -0.3 is 10.2 Å². The quantitative estimate of drug-likeness (QED) is 0.836. The Morgan fingerprint density at radius 3 is 2.00 bits per heavy atom. The van der Waals surface area contributed by atoms with E-state index in [-0.39, 0.29) is 23.9 Å². The van der Waals surface area contributed by atoms with E-state index < -0.39 is 0 Å². The van der Waals surface area contributed by atoms with Gasteiger partial charge in [0.1, 0.15) is 17.2 Å². The number of benzene rings is 2. The summed E-state index contributed by atoms with van der Waals surface area (Å²) in [6.45, 7) is 0. The van der Waals surface area contributed by atoms with Crippen LogP contribution in [0.4, 0.5) is 5.69 Å². The molecule has 0 aromatic heterocycles. The molecule has 0 spiro atoms. The van der Waals surface area contributed by atoms with Crippen LogP contribution in [0.1, 0.15) is 5.56 Å². The molecule has 0 atom stereocenters. The molecule has 0 saturated heterocycles. The van der Waals surface area contributed by atoms with Crippen LogP contribution in [0.15, 0.2) is 53.5 Å². The third-order valence-electron chi connectivity index (χ3n) is 2.16. The maximum absolute atomic E-state index is 9.50. The molecule has 6 heteroatoms. The van der Waals surface area contributed by atoms with E-state index in [1.54, 1.807) is 42.5 Å². The van der Waals surface area contributed by atoms with Gasteiger partial charge in [0.15, 0.2) is 0 Å². The van der Waals surface area contributed by atoms with E-state index in [1.807, 2.05) is 6.07 Å². The summed E-state index contributed by atoms with van der Waals surface area (Å²) < 4.78 is 8.19. The van der Waals surface area contributed by atoms with Gasteiger partial charge in [-0.1, -0.05) is 24.3 Å². The molecule has 0 fully saturated rings. The van der Waals surface area contributed by atoms with Crippen LogP contribution in [-0.4, -0.2) is 16.4 Å². The summed E-state index contributed by atoms with van der Waals surface area (Å²) in [4.78, 5) is 4.10. The number of phenols is 2. The fourth-order valence-electron chi connectivity index (χ4n) is 1.31. The Balaban J connectivity index is 0.00000103. The van der Waals surface area contributed by atoms with Crippen LogP contribution in [0, 0.1) is 0 Å². The molecular weight excluding hydrogens is 305 g/mol. The van der Waals surface area contributed by atoms with Gasteiger partial charge in [0.25, 0.3) is 0 Å². The molecule has 99 valence electrons. The molecule has 19 heavy (non-hydrogen) atoms. The van der Waals surface area contributed by atoms with Crippen LogP contribution < -0.4 is 0 Å². The third kappa shape index (κ3) is 5.26. The second kappa shape index (κ2) is 9.33. The first kappa shape index (κ1) is 17.4. The zero-order valence-electron chi connectivity index (χ0n) is 9.80. The van der Waals surface area contributed by atoms with Crippen molar-refractivity contribution in [2.75, 3.05) is 0 Å². The van der Waals surface area contributed by atoms with Crippen molar-refractivity contribution in [3.05, 3.63) is 54.1 Å². The Morgan fingerprint density at radius 1 is 0.895 bits per heavy atom. The van der Waals surface area contributed by atoms with Crippen LogP contribution in [0.5, 0.6) is 11.5 Å². The Bertz CT molecular complexity index is 501. The first-order valence-electron chi connectivity index (χ1n) is 5.05. The second-order valence-electron chi connectivity index (χ2n) is 3.31. The summed E-state index contributed by atoms with van der Waals surface area (Å²) >= 11 is 1.06. The van der Waals surface area contributed by atoms with Gasteiger partial charge in [-0.25, -0.2) is 0 Å². The van der Waals surface area contributed by atoms with Gasteiger partial charge in [-0.05, 0) is 24.3 Å². The van der Waals surface area contributed by atoms with E-state index >= 15 is 0 Å². The molecular formula is C13H12ClNO3V. The first-order chi connectivity index (χ1) is 8.77. The molecule has 0 aliphatic carbocycles. The SMILES string of the molecule is Cl.Oc1ccccc1C=Nc1ccccc1O.[O]=[V]. The summed E-state index contributed by atoms with van der Waals surface area (Å²) in [7, 11) is 0. The van der Waals surface area contributed by atoms with E-state index in [9.17, 15) is 10.2 Å². The van der Waals surface area contributed by atoms with Crippen molar-refractivity contribution in [1.29, 1.82) is 0 Å². The molecule has 2 aromatic rings. The number of para-hydroxylation sites is 3. The molecule has 0 aliphatic rings. The van der Waals surface area contributed by atoms with E-state index in [4.69, 9.17) is 3.67 Å². The van der Waals surface area contributed by atoms with Gasteiger partial charge in [0, 0.05) is 11.8 Å². The predicted octanol–water partition coefficient (Wildman–Crippen LogP) is 3.15. The van der Waals surface area contributed by atoms with Crippen molar-refractivity contribution in [2.45, 2.75) is 0 Å². The number of hydrogen-bond donors (Lipinski definition) is 2. The van der Waals surface area contributed by atoms with Gasteiger partial charge in [-0.3, -0.25) is 4.99 Å². The van der Waals surface area contributed by atoms with Crippen LogP contribution in [0.2, 0.25) is 0 Å². The van der Waals surface area contributed by atoms with Crippen LogP contribution in [0.25, 0.3) is 0 Å². The fourth-order valence-corrected chi connectivity index (χ4v) is 1.31. The van der Waals surface area contributed by atoms with Crippen molar-refractivity contribution in [2.24, 2.45) is 4.99 Å². The molecule has 2 rings (SSSR count). The van der Waals surface area contributed by atoms with Crippen LogP contribution >= 0.6 is 12.4 Å². The van der Waals surface area contributed by atoms with Gasteiger partial charge in [0.2, 0.25) is 0 Å². The van der Waals surface area contributed by atoms with E-state index in [0.29, 0.717) is 11.3 Å². The molecule has 0 heterocycles. The Morgan fingerprint density at radius 2 is 1.42 bits per heavy atom. The zero-order valence-corrected chi connectivity index (χ0v) is 12.0. The normalized spacial score (nSPS) is 9.21. The number of halogens is 1. The summed E-state index contributed by atoms with van der Waals surface area (Å²) in [6, 6.07) is 13.7. The maximum atomic E-state index is 9.50. The van der Waals surface area contributed by atoms with Crippen molar-refractivity contribution in [1.82, 2.24) is 0 Å². The molecule has 0 aliphatic heterocycles. The molecule has 0 saturated carbocycles. The summed E-state index contributed by atoms with van der Waals surface area (Å²) in [5.41, 5.74) is 1.09. The number of rotatable bonds is 2. The van der Waals surface area contributed by atoms with E-state index in [2.05, 4.69) is 4.99 Å². The predicted molar refractivity (Wildman–Crippen MR) is 71.4 cm³/mol. The van der Waals surface area contributed by atoms with Crippen molar-refractivity contribution in [3.63, 3.8) is 0 Å². The minimum absolute atomic E-state index is 0. The van der Waals surface area contributed by atoms with Crippen molar-refractivity contribution >= 4 is 24.3 Å². The molecule has 4 nitrogen and oxygen atoms in total. The third-order valence-corrected chi connectivity index (χ3v) is 2.16. The van der Waals surface area contributed by atoms with Crippen LogP contribution in [0.3, 0.4) is 0 Å². The van der Waals surface area contributed by atoms with Gasteiger partial charge in [-0.2, -0.15) is 0 Å². The summed E-state index contributed by atoms with van der Waals surface area (Å²) in [6.07, 6.45) is 1.52. The number of phenolic OH excluding ortho intramolecular Hbond substituents is 2. The molecule has 2 aromatic carbocycles. The first-order valence-corrected chi connectivity index (χ1v) is 5.63. The standard InChI is InChI=1S/C13H11NO2.ClH.O.V/c15-12-7-3-1-5-10(12)9-14-11-6-2-4-8-13(11)16;;;/h1-9,15-16H;1H;;. The molecule has 2 N–H and O–H groups in total. The van der Waals surface area contributed by atoms with Gasteiger partial charge in [-0.15, -0.1) is 12.4 Å². The number of aromatic hydroxyl groups is 2. The Labute approximate surface area is 126 Å². The zero-order chi connectivity index (χ0) is 13.4. The number of aliphatic imine (C=N–C) groups is 1. The summed E-state index contributed by atoms with van der Waals surface area (Å²) in [5.74, 6) is 0.288. The molecule has 0 amide bonds. The molecule has 0 unspecified atom stereocenters. The Kier molecular flexibility index (Phi) is 8.54. The Hall–Kier alpha value is -1.62. The number of hydrogen-bond acceptors (Lipinski definition) is 4. The van der Waals surface area contributed by atoms with E-state index in [1.165, 1.54) is 6.21 Å². The van der Waals surface area contributed by atoms with Crippen molar-refractivity contribution < 1.29 is 31.3 Å². The second-order valence-corrected chi connectivity index (χ2v) is 3.31. The fraction of sp³-hybridized carbons (Fsp3) is 0. The van der Waals surface area contributed by atoms with Gasteiger partial charge >= 0.3 is 21.0 Å². The summed E-state index contributed by atoms with van der Waals surface area (Å²) in [5, 5.41) is 19.0. The molecule has 0 bridgehead atoms. The number of nitrogens with zero attached hydrogens (tertiary/aromatic N) is 1. The van der Waals surface area contributed by atoms with Gasteiger partial charge in [0.05, 0.1) is 0 Å². The van der Waals surface area contributed by atoms with E-state index in [0.717, 1.165) is 17.4 Å². The molecule has 0 radical (unpaired) electrons. The minimum atomic E-state index is 0. The monoisotopic (exact) mass is 316 g/mol. The average Bonchev–Trinajstić information content (AvgIpc) is 2.42. The van der Waals surface area contributed by atoms with Crippen LogP contribution in [-0.2, 0) is 21.0 Å². The average molecular weight is 317 g/mol. The topological polar surface area (TPSA) is 69.9 Å².